The molecule has 0 aliphatic carbocycles. The van der Waals surface area contributed by atoms with Crippen LogP contribution in [-0.4, -0.2) is 21.8 Å². The number of aromatic nitrogens is 2. The highest BCUT2D eigenvalue weighted by molar-refractivity contribution is 9.10. The van der Waals surface area contributed by atoms with Crippen molar-refractivity contribution in [1.29, 1.82) is 0 Å². The van der Waals surface area contributed by atoms with Crippen molar-refractivity contribution in [2.75, 3.05) is 7.11 Å². The first-order valence-corrected chi connectivity index (χ1v) is 3.84. The summed E-state index contributed by atoms with van der Waals surface area (Å²) in [7, 11) is 1.30. The molecular formula is C4H3BrN2O2S. The van der Waals surface area contributed by atoms with Crippen LogP contribution in [-0.2, 0) is 4.74 Å². The first-order chi connectivity index (χ1) is 4.75. The van der Waals surface area contributed by atoms with E-state index < -0.39 is 5.97 Å². The van der Waals surface area contributed by atoms with E-state index in [1.54, 1.807) is 0 Å². The van der Waals surface area contributed by atoms with Crippen LogP contribution in [0.2, 0.25) is 0 Å². The maximum absolute atomic E-state index is 10.7. The summed E-state index contributed by atoms with van der Waals surface area (Å²) in [4.78, 5) is 10.7. The van der Waals surface area contributed by atoms with Gasteiger partial charge in [-0.15, -0.1) is 0 Å². The Morgan fingerprint density at radius 2 is 2.40 bits per heavy atom. The molecule has 0 spiro atoms. The molecule has 0 unspecified atom stereocenters. The van der Waals surface area contributed by atoms with Gasteiger partial charge in [0.1, 0.15) is 0 Å². The van der Waals surface area contributed by atoms with E-state index in [1.165, 1.54) is 7.11 Å². The molecule has 0 saturated heterocycles. The molecule has 1 heterocycles. The molecule has 0 N–H and O–H groups in total. The van der Waals surface area contributed by atoms with Crippen LogP contribution in [0, 0.1) is 0 Å². The number of rotatable bonds is 1. The van der Waals surface area contributed by atoms with Crippen molar-refractivity contribution >= 4 is 33.6 Å². The van der Waals surface area contributed by atoms with Crippen LogP contribution in [0.25, 0.3) is 0 Å². The Bertz CT molecular complexity index is 249. The van der Waals surface area contributed by atoms with Gasteiger partial charge in [0.15, 0.2) is 10.3 Å². The second-order valence-electron chi connectivity index (χ2n) is 1.40. The van der Waals surface area contributed by atoms with Gasteiger partial charge in [-0.05, 0) is 15.9 Å². The Balaban J connectivity index is 2.93. The van der Waals surface area contributed by atoms with Gasteiger partial charge in [-0.2, -0.15) is 8.75 Å². The SMILES string of the molecule is COC(=O)c1nsnc1Br. The summed E-state index contributed by atoms with van der Waals surface area (Å²) in [5.74, 6) is -0.472. The topological polar surface area (TPSA) is 52.1 Å². The lowest BCUT2D eigenvalue weighted by Gasteiger charge is -1.90. The Hall–Kier alpha value is -0.490. The Morgan fingerprint density at radius 3 is 2.80 bits per heavy atom. The molecule has 4 nitrogen and oxygen atoms in total. The summed E-state index contributed by atoms with van der Waals surface area (Å²) in [6.07, 6.45) is 0. The van der Waals surface area contributed by atoms with Gasteiger partial charge in [-0.25, -0.2) is 4.79 Å². The molecule has 54 valence electrons. The third kappa shape index (κ3) is 1.32. The lowest BCUT2D eigenvalue weighted by molar-refractivity contribution is 0.0594. The maximum Gasteiger partial charge on any atom is 0.360 e. The first kappa shape index (κ1) is 7.62. The van der Waals surface area contributed by atoms with Crippen molar-refractivity contribution in [2.45, 2.75) is 0 Å². The Labute approximate surface area is 69.7 Å². The van der Waals surface area contributed by atoms with Gasteiger partial charge in [0.25, 0.3) is 0 Å². The third-order valence-electron chi connectivity index (χ3n) is 0.827. The van der Waals surface area contributed by atoms with Gasteiger partial charge >= 0.3 is 5.97 Å². The van der Waals surface area contributed by atoms with Gasteiger partial charge in [-0.3, -0.25) is 0 Å². The van der Waals surface area contributed by atoms with Gasteiger partial charge in [-0.1, -0.05) is 0 Å². The minimum atomic E-state index is -0.472. The van der Waals surface area contributed by atoms with Crippen molar-refractivity contribution in [3.63, 3.8) is 0 Å². The van der Waals surface area contributed by atoms with Crippen LogP contribution in [0.4, 0.5) is 0 Å². The largest absolute Gasteiger partial charge is 0.464 e. The van der Waals surface area contributed by atoms with E-state index in [0.29, 0.717) is 4.60 Å². The van der Waals surface area contributed by atoms with Crippen molar-refractivity contribution < 1.29 is 9.53 Å². The molecule has 0 aromatic carbocycles. The molecule has 1 rings (SSSR count). The van der Waals surface area contributed by atoms with Gasteiger partial charge < -0.3 is 4.74 Å². The van der Waals surface area contributed by atoms with Gasteiger partial charge in [0, 0.05) is 0 Å². The smallest absolute Gasteiger partial charge is 0.360 e. The zero-order valence-electron chi connectivity index (χ0n) is 5.00. The molecule has 6 heteroatoms. The van der Waals surface area contributed by atoms with Crippen LogP contribution in [0.5, 0.6) is 0 Å². The average Bonchev–Trinajstić information content (AvgIpc) is 2.34. The standard InChI is InChI=1S/C4H3BrN2O2S/c1-9-4(8)2-3(5)7-10-6-2/h1H3. The molecule has 1 aromatic rings. The molecule has 0 amide bonds. The second kappa shape index (κ2) is 3.07. The predicted octanol–water partition coefficient (Wildman–Crippen LogP) is 1.09. The fourth-order valence-corrected chi connectivity index (χ4v) is 1.40. The van der Waals surface area contributed by atoms with Crippen LogP contribution >= 0.6 is 27.7 Å². The summed E-state index contributed by atoms with van der Waals surface area (Å²) in [5.41, 5.74) is 0.229. The zero-order chi connectivity index (χ0) is 7.56. The normalized spacial score (nSPS) is 9.40. The molecule has 0 bridgehead atoms. The fourth-order valence-electron chi connectivity index (χ4n) is 0.396. The van der Waals surface area contributed by atoms with Crippen LogP contribution in [0.15, 0.2) is 4.60 Å². The average molecular weight is 223 g/mol. The highest BCUT2D eigenvalue weighted by atomic mass is 79.9. The number of hydrogen-bond acceptors (Lipinski definition) is 5. The van der Waals surface area contributed by atoms with Crippen LogP contribution in [0.1, 0.15) is 10.5 Å². The van der Waals surface area contributed by atoms with E-state index in [0.717, 1.165) is 11.7 Å². The lowest BCUT2D eigenvalue weighted by atomic mass is 10.5. The lowest BCUT2D eigenvalue weighted by Crippen LogP contribution is -2.01. The number of ether oxygens (including phenoxy) is 1. The second-order valence-corrected chi connectivity index (χ2v) is 2.67. The zero-order valence-corrected chi connectivity index (χ0v) is 7.40. The summed E-state index contributed by atoms with van der Waals surface area (Å²) in [6, 6.07) is 0. The number of methoxy groups -OCH3 is 1. The first-order valence-electron chi connectivity index (χ1n) is 2.32. The van der Waals surface area contributed by atoms with Crippen molar-refractivity contribution in [3.05, 3.63) is 10.3 Å². The number of nitrogens with zero attached hydrogens (tertiary/aromatic N) is 2. The molecule has 0 fully saturated rings. The molecule has 0 aliphatic heterocycles. The van der Waals surface area contributed by atoms with E-state index in [9.17, 15) is 4.79 Å². The highest BCUT2D eigenvalue weighted by Crippen LogP contribution is 2.13. The van der Waals surface area contributed by atoms with E-state index in [1.807, 2.05) is 0 Å². The molecular weight excluding hydrogens is 220 g/mol. The monoisotopic (exact) mass is 222 g/mol. The number of halogens is 1. The van der Waals surface area contributed by atoms with Crippen LogP contribution < -0.4 is 0 Å². The summed E-state index contributed by atoms with van der Waals surface area (Å²) < 4.78 is 12.3. The van der Waals surface area contributed by atoms with E-state index in [-0.39, 0.29) is 5.69 Å². The molecule has 10 heavy (non-hydrogen) atoms. The van der Waals surface area contributed by atoms with E-state index in [4.69, 9.17) is 0 Å². The van der Waals surface area contributed by atoms with Crippen molar-refractivity contribution in [2.24, 2.45) is 0 Å². The molecule has 0 aliphatic rings. The predicted molar refractivity (Wildman–Crippen MR) is 38.9 cm³/mol. The number of hydrogen-bond donors (Lipinski definition) is 0. The number of carbonyl (C=O) groups is 1. The van der Waals surface area contributed by atoms with Crippen molar-refractivity contribution in [1.82, 2.24) is 8.75 Å². The minimum absolute atomic E-state index is 0.229. The minimum Gasteiger partial charge on any atom is -0.464 e. The van der Waals surface area contributed by atoms with Crippen molar-refractivity contribution in [3.8, 4) is 0 Å². The Kier molecular flexibility index (Phi) is 2.34. The Morgan fingerprint density at radius 1 is 1.70 bits per heavy atom. The summed E-state index contributed by atoms with van der Waals surface area (Å²) in [6.45, 7) is 0. The molecule has 1 aromatic heterocycles. The van der Waals surface area contributed by atoms with Gasteiger partial charge in [0.2, 0.25) is 0 Å². The summed E-state index contributed by atoms with van der Waals surface area (Å²) in [5, 5.41) is 0. The third-order valence-corrected chi connectivity index (χ3v) is 2.14. The molecule has 0 saturated carbocycles. The number of esters is 1. The van der Waals surface area contributed by atoms with Crippen LogP contribution in [0.3, 0.4) is 0 Å². The fraction of sp³-hybridized carbons (Fsp3) is 0.250. The number of carbonyl (C=O) groups excluding carboxylic acids is 1. The van der Waals surface area contributed by atoms with E-state index >= 15 is 0 Å². The molecule has 0 atom stereocenters. The van der Waals surface area contributed by atoms with E-state index in [2.05, 4.69) is 29.4 Å². The molecule has 0 radical (unpaired) electrons. The highest BCUT2D eigenvalue weighted by Gasteiger charge is 2.13. The van der Waals surface area contributed by atoms with Gasteiger partial charge in [0.05, 0.1) is 18.8 Å². The summed E-state index contributed by atoms with van der Waals surface area (Å²) >= 11 is 4.01. The maximum atomic E-state index is 10.7. The quantitative estimate of drug-likeness (QED) is 0.668.